The molecule has 3 rings (SSSR count). The average molecular weight is 244 g/mol. The molecule has 0 saturated heterocycles. The maximum Gasteiger partial charge on any atom is 0.117 e. The molecular weight excluding hydrogens is 232 g/mol. The monoisotopic (exact) mass is 244 g/mol. The summed E-state index contributed by atoms with van der Waals surface area (Å²) in [6, 6.07) is 21.2. The van der Waals surface area contributed by atoms with Gasteiger partial charge in [0.1, 0.15) is 5.75 Å². The van der Waals surface area contributed by atoms with E-state index in [0.717, 1.165) is 21.9 Å². The smallest absolute Gasteiger partial charge is 0.117 e. The Labute approximate surface area is 112 Å². The highest BCUT2D eigenvalue weighted by atomic mass is 16.3. The summed E-state index contributed by atoms with van der Waals surface area (Å²) in [7, 11) is 0. The normalized spacial score (nSPS) is 9.89. The van der Waals surface area contributed by atoms with Gasteiger partial charge in [-0.25, -0.2) is 0 Å². The highest BCUT2D eigenvalue weighted by Crippen LogP contribution is 2.23. The lowest BCUT2D eigenvalue weighted by molar-refractivity contribution is 0.476. The Hall–Kier alpha value is -2.72. The molecule has 0 saturated carbocycles. The average Bonchev–Trinajstić information content (AvgIpc) is 2.45. The SMILES string of the molecule is Oc1cc(C#Cc2ccccc2)c2ccccc2c1. The molecule has 0 amide bonds. The quantitative estimate of drug-likeness (QED) is 0.594. The summed E-state index contributed by atoms with van der Waals surface area (Å²) < 4.78 is 0. The lowest BCUT2D eigenvalue weighted by Gasteiger charge is -2.01. The van der Waals surface area contributed by atoms with Crippen molar-refractivity contribution in [2.45, 2.75) is 0 Å². The largest absolute Gasteiger partial charge is 0.508 e. The molecule has 1 N–H and O–H groups in total. The van der Waals surface area contributed by atoms with Crippen molar-refractivity contribution in [3.05, 3.63) is 77.9 Å². The second kappa shape index (κ2) is 4.88. The molecule has 0 aliphatic carbocycles. The van der Waals surface area contributed by atoms with Crippen LogP contribution in [0.3, 0.4) is 0 Å². The highest BCUT2D eigenvalue weighted by molar-refractivity contribution is 5.89. The summed E-state index contributed by atoms with van der Waals surface area (Å²) >= 11 is 0. The number of hydrogen-bond donors (Lipinski definition) is 1. The first kappa shape index (κ1) is 11.4. The van der Waals surface area contributed by atoms with E-state index in [1.165, 1.54) is 0 Å². The van der Waals surface area contributed by atoms with E-state index in [9.17, 15) is 5.11 Å². The van der Waals surface area contributed by atoms with Gasteiger partial charge in [0, 0.05) is 11.1 Å². The van der Waals surface area contributed by atoms with E-state index in [2.05, 4.69) is 11.8 Å². The fraction of sp³-hybridized carbons (Fsp3) is 0. The van der Waals surface area contributed by atoms with Crippen molar-refractivity contribution in [2.24, 2.45) is 0 Å². The number of phenolic OH excluding ortho intramolecular Hbond substituents is 1. The molecule has 1 nitrogen and oxygen atoms in total. The van der Waals surface area contributed by atoms with Crippen LogP contribution >= 0.6 is 0 Å². The third-order valence-corrected chi connectivity index (χ3v) is 2.96. The van der Waals surface area contributed by atoms with Gasteiger partial charge in [-0.1, -0.05) is 54.3 Å². The number of rotatable bonds is 0. The number of hydrogen-bond acceptors (Lipinski definition) is 1. The van der Waals surface area contributed by atoms with Gasteiger partial charge in [-0.05, 0) is 35.0 Å². The van der Waals surface area contributed by atoms with Crippen LogP contribution in [0.4, 0.5) is 0 Å². The van der Waals surface area contributed by atoms with E-state index in [0.29, 0.717) is 0 Å². The molecule has 0 atom stereocenters. The molecule has 0 spiro atoms. The van der Waals surface area contributed by atoms with Gasteiger partial charge in [-0.15, -0.1) is 0 Å². The summed E-state index contributed by atoms with van der Waals surface area (Å²) in [5.74, 6) is 6.50. The predicted molar refractivity (Wildman–Crippen MR) is 78.0 cm³/mol. The Morgan fingerprint density at radius 2 is 1.47 bits per heavy atom. The Kier molecular flexibility index (Phi) is 2.92. The molecule has 3 aromatic carbocycles. The Balaban J connectivity index is 2.13. The van der Waals surface area contributed by atoms with Crippen molar-refractivity contribution < 1.29 is 5.11 Å². The van der Waals surface area contributed by atoms with E-state index in [1.54, 1.807) is 12.1 Å². The zero-order chi connectivity index (χ0) is 13.1. The molecule has 0 fully saturated rings. The lowest BCUT2D eigenvalue weighted by Crippen LogP contribution is -1.80. The summed E-state index contributed by atoms with van der Waals surface area (Å²) in [6.07, 6.45) is 0. The van der Waals surface area contributed by atoms with Crippen LogP contribution in [0.15, 0.2) is 66.7 Å². The zero-order valence-electron chi connectivity index (χ0n) is 10.3. The third kappa shape index (κ3) is 2.43. The molecular formula is C18H12O. The van der Waals surface area contributed by atoms with Crippen LogP contribution in [-0.2, 0) is 0 Å². The summed E-state index contributed by atoms with van der Waals surface area (Å²) in [5, 5.41) is 11.8. The Morgan fingerprint density at radius 3 is 2.32 bits per heavy atom. The molecule has 19 heavy (non-hydrogen) atoms. The molecule has 0 aliphatic rings. The van der Waals surface area contributed by atoms with Crippen molar-refractivity contribution in [3.8, 4) is 17.6 Å². The van der Waals surface area contributed by atoms with E-state index >= 15 is 0 Å². The minimum atomic E-state index is 0.246. The summed E-state index contributed by atoms with van der Waals surface area (Å²) in [6.45, 7) is 0. The standard InChI is InChI=1S/C18H12O/c19-17-12-15-8-4-5-9-18(15)16(13-17)11-10-14-6-2-1-3-7-14/h1-9,12-13,19H. The van der Waals surface area contributed by atoms with Crippen molar-refractivity contribution in [1.82, 2.24) is 0 Å². The molecule has 0 aliphatic heterocycles. The molecule has 3 aromatic rings. The van der Waals surface area contributed by atoms with Crippen LogP contribution in [0, 0.1) is 11.8 Å². The minimum absolute atomic E-state index is 0.246. The van der Waals surface area contributed by atoms with Crippen LogP contribution < -0.4 is 0 Å². The molecule has 90 valence electrons. The van der Waals surface area contributed by atoms with Gasteiger partial charge in [0.15, 0.2) is 0 Å². The Morgan fingerprint density at radius 1 is 0.737 bits per heavy atom. The zero-order valence-corrected chi connectivity index (χ0v) is 10.3. The van der Waals surface area contributed by atoms with Gasteiger partial charge in [0.2, 0.25) is 0 Å². The highest BCUT2D eigenvalue weighted by Gasteiger charge is 2.00. The van der Waals surface area contributed by atoms with Crippen LogP contribution in [0.25, 0.3) is 10.8 Å². The first-order chi connectivity index (χ1) is 9.33. The number of benzene rings is 3. The maximum absolute atomic E-state index is 9.74. The van der Waals surface area contributed by atoms with Crippen molar-refractivity contribution in [2.75, 3.05) is 0 Å². The molecule has 0 bridgehead atoms. The second-order valence-corrected chi connectivity index (χ2v) is 4.33. The van der Waals surface area contributed by atoms with Crippen molar-refractivity contribution >= 4 is 10.8 Å². The summed E-state index contributed by atoms with van der Waals surface area (Å²) in [4.78, 5) is 0. The second-order valence-electron chi connectivity index (χ2n) is 4.33. The van der Waals surface area contributed by atoms with Crippen LogP contribution in [-0.4, -0.2) is 5.11 Å². The van der Waals surface area contributed by atoms with E-state index in [4.69, 9.17) is 0 Å². The predicted octanol–water partition coefficient (Wildman–Crippen LogP) is 3.95. The first-order valence-electron chi connectivity index (χ1n) is 6.12. The first-order valence-corrected chi connectivity index (χ1v) is 6.12. The van der Waals surface area contributed by atoms with Gasteiger partial charge >= 0.3 is 0 Å². The lowest BCUT2D eigenvalue weighted by atomic mass is 10.0. The van der Waals surface area contributed by atoms with E-state index in [-0.39, 0.29) is 5.75 Å². The summed E-state index contributed by atoms with van der Waals surface area (Å²) in [5.41, 5.74) is 1.81. The van der Waals surface area contributed by atoms with E-state index < -0.39 is 0 Å². The molecule has 0 heterocycles. The van der Waals surface area contributed by atoms with Gasteiger partial charge in [0.05, 0.1) is 0 Å². The number of phenols is 1. The van der Waals surface area contributed by atoms with Crippen molar-refractivity contribution in [3.63, 3.8) is 0 Å². The van der Waals surface area contributed by atoms with E-state index in [1.807, 2.05) is 54.6 Å². The molecule has 0 aromatic heterocycles. The number of fused-ring (bicyclic) bond motifs is 1. The maximum atomic E-state index is 9.74. The molecule has 1 heteroatoms. The van der Waals surface area contributed by atoms with Crippen LogP contribution in [0.2, 0.25) is 0 Å². The van der Waals surface area contributed by atoms with Gasteiger partial charge in [-0.3, -0.25) is 0 Å². The molecule has 0 unspecified atom stereocenters. The van der Waals surface area contributed by atoms with Gasteiger partial charge in [0.25, 0.3) is 0 Å². The fourth-order valence-corrected chi connectivity index (χ4v) is 2.06. The van der Waals surface area contributed by atoms with Gasteiger partial charge in [-0.2, -0.15) is 0 Å². The third-order valence-electron chi connectivity index (χ3n) is 2.96. The molecule has 0 radical (unpaired) electrons. The van der Waals surface area contributed by atoms with Crippen molar-refractivity contribution in [1.29, 1.82) is 0 Å². The van der Waals surface area contributed by atoms with Gasteiger partial charge < -0.3 is 5.11 Å². The topological polar surface area (TPSA) is 20.2 Å². The fourth-order valence-electron chi connectivity index (χ4n) is 2.06. The Bertz CT molecular complexity index is 777. The van der Waals surface area contributed by atoms with Crippen LogP contribution in [0.5, 0.6) is 5.75 Å². The number of aromatic hydroxyl groups is 1. The minimum Gasteiger partial charge on any atom is -0.508 e. The van der Waals surface area contributed by atoms with Crippen LogP contribution in [0.1, 0.15) is 11.1 Å².